The maximum atomic E-state index is 11.8. The molecule has 0 saturated heterocycles. The van der Waals surface area contributed by atoms with Gasteiger partial charge in [-0.25, -0.2) is 18.7 Å². The molecule has 1 aromatic heterocycles. The molecule has 12 heavy (non-hydrogen) atoms. The molecule has 6 heteroatoms. The summed E-state index contributed by atoms with van der Waals surface area (Å²) in [5.41, 5.74) is 0. The molecule has 0 amide bonds. The molecule has 0 radical (unpaired) electrons. The van der Waals surface area contributed by atoms with Crippen molar-refractivity contribution >= 4 is 17.4 Å². The van der Waals surface area contributed by atoms with E-state index in [1.807, 2.05) is 0 Å². The Morgan fingerprint density at radius 2 is 1.92 bits per heavy atom. The van der Waals surface area contributed by atoms with Crippen molar-refractivity contribution in [3.8, 4) is 0 Å². The van der Waals surface area contributed by atoms with E-state index >= 15 is 0 Å². The Bertz CT molecular complexity index is 288. The van der Waals surface area contributed by atoms with Gasteiger partial charge in [0.2, 0.25) is 5.82 Å². The number of hydrogen-bond acceptors (Lipinski definition) is 3. The van der Waals surface area contributed by atoms with E-state index in [4.69, 9.17) is 11.6 Å². The monoisotopic (exact) mass is 192 g/mol. The number of halogens is 3. The lowest BCUT2D eigenvalue weighted by molar-refractivity contribution is 0.0667. The van der Waals surface area contributed by atoms with Gasteiger partial charge in [0, 0.05) is 12.4 Å². The average Bonchev–Trinajstić information content (AvgIpc) is 2.04. The van der Waals surface area contributed by atoms with Crippen LogP contribution in [0.25, 0.3) is 0 Å². The molecule has 64 valence electrons. The molecular weight excluding hydrogens is 190 g/mol. The van der Waals surface area contributed by atoms with Crippen molar-refractivity contribution < 1.29 is 13.6 Å². The number of ketones is 1. The van der Waals surface area contributed by atoms with Crippen LogP contribution >= 0.6 is 11.6 Å². The lowest BCUT2D eigenvalue weighted by atomic mass is 10.4. The van der Waals surface area contributed by atoms with Crippen molar-refractivity contribution in [2.24, 2.45) is 0 Å². The fraction of sp³-hybridized carbons (Fsp3) is 0.167. The Labute approximate surface area is 71.4 Å². The molecule has 0 aliphatic rings. The standard InChI is InChI=1S/C6H3ClF2N2O/c7-3-1-10-6(11-2-3)4(12)5(8)9/h1-2,5H. The first-order valence-electron chi connectivity index (χ1n) is 2.91. The first-order valence-corrected chi connectivity index (χ1v) is 3.29. The molecule has 1 rings (SSSR count). The van der Waals surface area contributed by atoms with Crippen molar-refractivity contribution in [3.05, 3.63) is 23.2 Å². The molecule has 0 unspecified atom stereocenters. The first kappa shape index (κ1) is 8.99. The number of carbonyl (C=O) groups excluding carboxylic acids is 1. The Balaban J connectivity index is 2.90. The first-order chi connectivity index (χ1) is 5.61. The van der Waals surface area contributed by atoms with Crippen LogP contribution in [0.2, 0.25) is 5.02 Å². The zero-order chi connectivity index (χ0) is 9.14. The van der Waals surface area contributed by atoms with Crippen molar-refractivity contribution in [1.82, 2.24) is 9.97 Å². The predicted octanol–water partition coefficient (Wildman–Crippen LogP) is 1.58. The number of carbonyl (C=O) groups is 1. The smallest absolute Gasteiger partial charge is 0.284 e. The molecule has 0 bridgehead atoms. The Hall–Kier alpha value is -1.10. The van der Waals surface area contributed by atoms with Crippen molar-refractivity contribution in [2.75, 3.05) is 0 Å². The third-order valence-electron chi connectivity index (χ3n) is 1.04. The number of nitrogens with zero attached hydrogens (tertiary/aromatic N) is 2. The van der Waals surface area contributed by atoms with Crippen LogP contribution in [-0.4, -0.2) is 22.2 Å². The number of rotatable bonds is 2. The lowest BCUT2D eigenvalue weighted by Crippen LogP contribution is -2.13. The minimum Gasteiger partial charge on any atom is -0.284 e. The molecular formula is C6H3ClF2N2O. The van der Waals surface area contributed by atoms with Gasteiger partial charge in [-0.1, -0.05) is 11.6 Å². The normalized spacial score (nSPS) is 10.3. The fourth-order valence-corrected chi connectivity index (χ4v) is 0.635. The molecule has 0 atom stereocenters. The quantitative estimate of drug-likeness (QED) is 0.668. The van der Waals surface area contributed by atoms with E-state index < -0.39 is 18.0 Å². The topological polar surface area (TPSA) is 42.9 Å². The number of alkyl halides is 2. The van der Waals surface area contributed by atoms with Gasteiger partial charge in [-0.3, -0.25) is 4.79 Å². The maximum Gasteiger partial charge on any atom is 0.303 e. The summed E-state index contributed by atoms with van der Waals surface area (Å²) in [6, 6.07) is 0. The second-order valence-electron chi connectivity index (χ2n) is 1.89. The number of Topliss-reactive ketones (excluding diaryl/α,β-unsaturated/α-hetero) is 1. The van der Waals surface area contributed by atoms with Crippen molar-refractivity contribution in [2.45, 2.75) is 6.43 Å². The van der Waals surface area contributed by atoms with Gasteiger partial charge in [0.05, 0.1) is 5.02 Å². The van der Waals surface area contributed by atoms with E-state index in [1.54, 1.807) is 0 Å². The molecule has 0 N–H and O–H groups in total. The molecule has 1 heterocycles. The summed E-state index contributed by atoms with van der Waals surface area (Å²) in [6.45, 7) is 0. The second-order valence-corrected chi connectivity index (χ2v) is 2.33. The summed E-state index contributed by atoms with van der Waals surface area (Å²) in [5.74, 6) is -1.92. The summed E-state index contributed by atoms with van der Waals surface area (Å²) in [4.78, 5) is 17.2. The van der Waals surface area contributed by atoms with Gasteiger partial charge in [0.25, 0.3) is 5.78 Å². The van der Waals surface area contributed by atoms with Gasteiger partial charge < -0.3 is 0 Å². The van der Waals surface area contributed by atoms with E-state index in [9.17, 15) is 13.6 Å². The third-order valence-corrected chi connectivity index (χ3v) is 1.23. The average molecular weight is 193 g/mol. The predicted molar refractivity (Wildman–Crippen MR) is 37.4 cm³/mol. The van der Waals surface area contributed by atoms with Gasteiger partial charge in [-0.15, -0.1) is 0 Å². The van der Waals surface area contributed by atoms with Crippen LogP contribution in [0, 0.1) is 0 Å². The van der Waals surface area contributed by atoms with Crippen LogP contribution in [0.5, 0.6) is 0 Å². The number of aromatic nitrogens is 2. The minimum absolute atomic E-state index is 0.195. The van der Waals surface area contributed by atoms with Crippen LogP contribution < -0.4 is 0 Å². The Morgan fingerprint density at radius 3 is 2.33 bits per heavy atom. The molecule has 0 aromatic carbocycles. The molecule has 0 aliphatic heterocycles. The highest BCUT2D eigenvalue weighted by atomic mass is 35.5. The summed E-state index contributed by atoms with van der Waals surface area (Å²) in [7, 11) is 0. The molecule has 0 aliphatic carbocycles. The van der Waals surface area contributed by atoms with Gasteiger partial charge in [0.1, 0.15) is 0 Å². The van der Waals surface area contributed by atoms with E-state index in [0.29, 0.717) is 0 Å². The van der Waals surface area contributed by atoms with Gasteiger partial charge in [-0.05, 0) is 0 Å². The fourth-order valence-electron chi connectivity index (χ4n) is 0.537. The SMILES string of the molecule is O=C(c1ncc(Cl)cn1)C(F)F. The van der Waals surface area contributed by atoms with Crippen LogP contribution in [0.15, 0.2) is 12.4 Å². The molecule has 3 nitrogen and oxygen atoms in total. The second kappa shape index (κ2) is 3.53. The van der Waals surface area contributed by atoms with Crippen molar-refractivity contribution in [1.29, 1.82) is 0 Å². The van der Waals surface area contributed by atoms with Gasteiger partial charge in [0.15, 0.2) is 0 Å². The van der Waals surface area contributed by atoms with E-state index in [-0.39, 0.29) is 5.02 Å². The molecule has 0 saturated carbocycles. The molecule has 1 aromatic rings. The lowest BCUT2D eigenvalue weighted by Gasteiger charge is -1.95. The molecule has 0 spiro atoms. The minimum atomic E-state index is -3.08. The van der Waals surface area contributed by atoms with Gasteiger partial charge >= 0.3 is 6.43 Å². The van der Waals surface area contributed by atoms with E-state index in [2.05, 4.69) is 9.97 Å². The highest BCUT2D eigenvalue weighted by Crippen LogP contribution is 2.06. The van der Waals surface area contributed by atoms with Crippen LogP contribution in [0.1, 0.15) is 10.6 Å². The van der Waals surface area contributed by atoms with Crippen LogP contribution in [-0.2, 0) is 0 Å². The van der Waals surface area contributed by atoms with Gasteiger partial charge in [-0.2, -0.15) is 0 Å². The maximum absolute atomic E-state index is 11.8. The Kier molecular flexibility index (Phi) is 2.65. The molecule has 0 fully saturated rings. The zero-order valence-electron chi connectivity index (χ0n) is 5.67. The summed E-state index contributed by atoms with van der Waals surface area (Å²) in [5, 5.41) is 0.195. The van der Waals surface area contributed by atoms with Crippen LogP contribution in [0.4, 0.5) is 8.78 Å². The zero-order valence-corrected chi connectivity index (χ0v) is 6.42. The summed E-state index contributed by atoms with van der Waals surface area (Å²) >= 11 is 5.37. The largest absolute Gasteiger partial charge is 0.303 e. The van der Waals surface area contributed by atoms with Crippen molar-refractivity contribution in [3.63, 3.8) is 0 Å². The van der Waals surface area contributed by atoms with E-state index in [0.717, 1.165) is 12.4 Å². The third kappa shape index (κ3) is 1.94. The summed E-state index contributed by atoms with van der Waals surface area (Å²) < 4.78 is 23.5. The van der Waals surface area contributed by atoms with Crippen LogP contribution in [0.3, 0.4) is 0 Å². The number of hydrogen-bond donors (Lipinski definition) is 0. The van der Waals surface area contributed by atoms with E-state index in [1.165, 1.54) is 0 Å². The summed E-state index contributed by atoms with van der Waals surface area (Å²) in [6.07, 6.45) is -0.903. The highest BCUT2D eigenvalue weighted by molar-refractivity contribution is 6.30. The highest BCUT2D eigenvalue weighted by Gasteiger charge is 2.20. The Morgan fingerprint density at radius 1 is 1.42 bits per heavy atom.